The van der Waals surface area contributed by atoms with Gasteiger partial charge in [-0.25, -0.2) is 14.6 Å². The first-order chi connectivity index (χ1) is 20.9. The average molecular weight is 664 g/mol. The summed E-state index contributed by atoms with van der Waals surface area (Å²) in [7, 11) is 0. The molecule has 0 spiro atoms. The molecule has 3 rings (SSSR count). The second-order valence-electron chi connectivity index (χ2n) is 14.5. The number of carboxylic acid groups (broad SMARTS) is 2. The van der Waals surface area contributed by atoms with Gasteiger partial charge < -0.3 is 34.8 Å². The van der Waals surface area contributed by atoms with Crippen molar-refractivity contribution >= 4 is 35.2 Å². The van der Waals surface area contributed by atoms with Gasteiger partial charge in [0.2, 0.25) is 5.60 Å². The summed E-state index contributed by atoms with van der Waals surface area (Å²) in [5.41, 5.74) is -5.63. The zero-order valence-electron chi connectivity index (χ0n) is 28.0. The van der Waals surface area contributed by atoms with Gasteiger partial charge in [-0.3, -0.25) is 14.9 Å². The predicted molar refractivity (Wildman–Crippen MR) is 169 cm³/mol. The molecule has 14 heteroatoms. The van der Waals surface area contributed by atoms with E-state index in [0.717, 1.165) is 16.2 Å². The van der Waals surface area contributed by atoms with Crippen LogP contribution in [-0.4, -0.2) is 68.0 Å². The Morgan fingerprint density at radius 3 is 2.11 bits per heavy atom. The van der Waals surface area contributed by atoms with Crippen molar-refractivity contribution in [3.63, 3.8) is 0 Å². The van der Waals surface area contributed by atoms with Crippen LogP contribution in [0.15, 0.2) is 18.2 Å². The normalized spacial score (nSPS) is 16.9. The van der Waals surface area contributed by atoms with Crippen molar-refractivity contribution in [2.24, 2.45) is 10.8 Å². The minimum absolute atomic E-state index is 0.0565. The van der Waals surface area contributed by atoms with Crippen LogP contribution in [0.25, 0.3) is 0 Å². The zero-order chi connectivity index (χ0) is 35.0. The number of rotatable bonds is 10. The van der Waals surface area contributed by atoms with E-state index in [4.69, 9.17) is 14.2 Å². The lowest BCUT2D eigenvalue weighted by Crippen LogP contribution is -2.63. The molecule has 0 fully saturated rings. The Morgan fingerprint density at radius 1 is 0.978 bits per heavy atom. The molecule has 1 amide bonds. The fraction of sp³-hybridized carbons (Fsp3) is 0.594. The van der Waals surface area contributed by atoms with Crippen molar-refractivity contribution < 1.29 is 48.7 Å². The molecule has 1 aromatic carbocycles. The number of carbonyl (C=O) groups excluding carboxylic acids is 2. The van der Waals surface area contributed by atoms with E-state index >= 15 is 0 Å². The predicted octanol–water partition coefficient (Wildman–Crippen LogP) is 3.85. The minimum Gasteiger partial charge on any atom is -0.479 e. The first-order valence-electron chi connectivity index (χ1n) is 14.8. The molecule has 1 aliphatic heterocycles. The number of esters is 1. The smallest absolute Gasteiger partial charge is 0.349 e. The Balaban J connectivity index is 1.91. The van der Waals surface area contributed by atoms with E-state index in [1.807, 2.05) is 0 Å². The molecule has 0 bridgehead atoms. The van der Waals surface area contributed by atoms with E-state index in [-0.39, 0.29) is 28.5 Å². The maximum Gasteiger partial charge on any atom is 0.349 e. The van der Waals surface area contributed by atoms with Crippen LogP contribution < -0.4 is 20.1 Å². The van der Waals surface area contributed by atoms with Crippen LogP contribution in [0, 0.1) is 10.8 Å². The number of nitrogens with one attached hydrogen (secondary N) is 2. The quantitative estimate of drug-likeness (QED) is 0.182. The van der Waals surface area contributed by atoms with Crippen molar-refractivity contribution in [3.05, 3.63) is 39.3 Å². The van der Waals surface area contributed by atoms with Gasteiger partial charge >= 0.3 is 17.9 Å². The fourth-order valence-electron chi connectivity index (χ4n) is 5.57. The number of carboxylic acids is 2. The molecule has 2 atom stereocenters. The van der Waals surface area contributed by atoms with Crippen molar-refractivity contribution in [3.8, 4) is 11.5 Å². The average Bonchev–Trinajstić information content (AvgIpc) is 3.31. The summed E-state index contributed by atoms with van der Waals surface area (Å²) in [6.45, 7) is 16.5. The number of fused-ring (bicyclic) bond motifs is 1. The Bertz CT molecular complexity index is 1480. The van der Waals surface area contributed by atoms with Crippen LogP contribution in [0.2, 0.25) is 0 Å². The lowest BCUT2D eigenvalue weighted by Gasteiger charge is -2.49. The molecule has 0 radical (unpaired) electrons. The second-order valence-corrected chi connectivity index (χ2v) is 15.6. The van der Waals surface area contributed by atoms with Crippen LogP contribution in [0.3, 0.4) is 0 Å². The van der Waals surface area contributed by atoms with E-state index < -0.39 is 64.2 Å². The first-order valence-corrected chi connectivity index (χ1v) is 15.6. The van der Waals surface area contributed by atoms with Crippen LogP contribution in [0.4, 0.5) is 0 Å². The molecule has 2 heterocycles. The van der Waals surface area contributed by atoms with E-state index in [1.165, 1.54) is 25.1 Å². The number of carbonyl (C=O) groups is 4. The third kappa shape index (κ3) is 7.96. The summed E-state index contributed by atoms with van der Waals surface area (Å²) in [6, 6.07) is 3.46. The monoisotopic (exact) mass is 663 g/mol. The topological polar surface area (TPSA) is 194 Å². The largest absolute Gasteiger partial charge is 0.479 e. The van der Waals surface area contributed by atoms with Gasteiger partial charge in [-0.2, -0.15) is 0 Å². The summed E-state index contributed by atoms with van der Waals surface area (Å²) < 4.78 is 17.2. The number of benzene rings is 1. The summed E-state index contributed by atoms with van der Waals surface area (Å²) in [5, 5.41) is 36.8. The number of hydrogen-bond donors (Lipinski definition) is 5. The summed E-state index contributed by atoms with van der Waals surface area (Å²) in [6.07, 6.45) is 0.233. The molecule has 0 saturated carbocycles. The summed E-state index contributed by atoms with van der Waals surface area (Å²) in [4.78, 5) is 55.2. The molecular weight excluding hydrogens is 618 g/mol. The number of aliphatic carboxylic acids is 2. The lowest BCUT2D eigenvalue weighted by atomic mass is 9.62. The molecule has 0 saturated heterocycles. The molecule has 0 aliphatic carbocycles. The Labute approximate surface area is 272 Å². The Morgan fingerprint density at radius 2 is 1.59 bits per heavy atom. The maximum atomic E-state index is 13.3. The highest BCUT2D eigenvalue weighted by Gasteiger charge is 2.60. The van der Waals surface area contributed by atoms with Gasteiger partial charge in [-0.15, -0.1) is 11.3 Å². The minimum atomic E-state index is -2.00. The van der Waals surface area contributed by atoms with Crippen LogP contribution in [0.5, 0.6) is 11.5 Å². The van der Waals surface area contributed by atoms with Crippen LogP contribution >= 0.6 is 11.3 Å². The van der Waals surface area contributed by atoms with Gasteiger partial charge in [0, 0.05) is 34.2 Å². The van der Waals surface area contributed by atoms with Crippen molar-refractivity contribution in [1.82, 2.24) is 15.6 Å². The third-order valence-electron chi connectivity index (χ3n) is 7.46. The molecule has 2 unspecified atom stereocenters. The number of aliphatic hydroxyl groups is 1. The number of ether oxygens (including phenoxy) is 3. The van der Waals surface area contributed by atoms with E-state index in [9.17, 15) is 34.5 Å². The number of hydrogen-bond acceptors (Lipinski definition) is 11. The summed E-state index contributed by atoms with van der Waals surface area (Å²) in [5.74, 6) is -3.81. The highest BCUT2D eigenvalue weighted by Crippen LogP contribution is 2.49. The van der Waals surface area contributed by atoms with Gasteiger partial charge in [-0.05, 0) is 39.8 Å². The highest BCUT2D eigenvalue weighted by molar-refractivity contribution is 7.13. The van der Waals surface area contributed by atoms with Gasteiger partial charge in [0.05, 0.1) is 5.69 Å². The molecule has 254 valence electrons. The maximum absolute atomic E-state index is 13.3. The van der Waals surface area contributed by atoms with Gasteiger partial charge in [0.1, 0.15) is 11.6 Å². The SMILES string of the molecule is CC(C)(C)OC(=O)C1Cc2nc(C(=O)NC(C)(O)c3ccc(OC(C(=O)O)(C(C)(C)C)C(C)(C)C)c(OCC(=O)O)c3)sc2CN1. The molecule has 1 aromatic heterocycles. The van der Waals surface area contributed by atoms with E-state index in [1.54, 1.807) is 62.3 Å². The van der Waals surface area contributed by atoms with E-state index in [0.29, 0.717) is 12.2 Å². The van der Waals surface area contributed by atoms with Crippen LogP contribution in [0.1, 0.15) is 95.2 Å². The molecule has 46 heavy (non-hydrogen) atoms. The van der Waals surface area contributed by atoms with Crippen molar-refractivity contribution in [2.45, 2.75) is 105 Å². The molecule has 1 aliphatic rings. The molecular formula is C32H45N3O10S. The molecule has 13 nitrogen and oxygen atoms in total. The fourth-order valence-corrected chi connectivity index (χ4v) is 6.51. The third-order valence-corrected chi connectivity index (χ3v) is 8.56. The lowest BCUT2D eigenvalue weighted by molar-refractivity contribution is -0.184. The van der Waals surface area contributed by atoms with Crippen LogP contribution in [-0.2, 0) is 37.8 Å². The summed E-state index contributed by atoms with van der Waals surface area (Å²) >= 11 is 1.12. The van der Waals surface area contributed by atoms with Gasteiger partial charge in [0.25, 0.3) is 5.91 Å². The highest BCUT2D eigenvalue weighted by atomic mass is 32.1. The Hall–Kier alpha value is -3.75. The number of amides is 1. The number of aromatic nitrogens is 1. The molecule has 5 N–H and O–H groups in total. The van der Waals surface area contributed by atoms with Gasteiger partial charge in [0.15, 0.2) is 28.8 Å². The van der Waals surface area contributed by atoms with Gasteiger partial charge in [-0.1, -0.05) is 47.6 Å². The Kier molecular flexibility index (Phi) is 10.2. The zero-order valence-corrected chi connectivity index (χ0v) is 28.8. The second kappa shape index (κ2) is 12.8. The van der Waals surface area contributed by atoms with E-state index in [2.05, 4.69) is 15.6 Å². The van der Waals surface area contributed by atoms with Crippen molar-refractivity contribution in [2.75, 3.05) is 6.61 Å². The molecule has 2 aromatic rings. The first kappa shape index (κ1) is 36.7. The number of nitrogens with zero attached hydrogens (tertiary/aromatic N) is 1. The number of thiazole rings is 1. The van der Waals surface area contributed by atoms with Crippen molar-refractivity contribution in [1.29, 1.82) is 0 Å². The standard InChI is InChI=1S/C32H45N3O10S/c1-28(2,3)32(27(40)41,29(4,5)6)44-20-12-11-17(13-21(20)43-16-23(36)37)31(10,42)35-24(38)25-34-18-14-19(33-15-22(18)46-25)26(39)45-30(7,8)9/h11-13,19,33,42H,14-16H2,1-10H3,(H,35,38)(H,36,37)(H,40,41).